The quantitative estimate of drug-likeness (QED) is 0.512. The summed E-state index contributed by atoms with van der Waals surface area (Å²) < 4.78 is 11.6. The van der Waals surface area contributed by atoms with Crippen molar-refractivity contribution in [2.45, 2.75) is 30.7 Å². The lowest BCUT2D eigenvalue weighted by molar-refractivity contribution is -0.277. The molecular formula is C14H15BrClNO6. The predicted molar refractivity (Wildman–Crippen MR) is 85.4 cm³/mol. The largest absolute Gasteiger partial charge is 0.460 e. The molecule has 3 rings (SSSR count). The van der Waals surface area contributed by atoms with Crippen LogP contribution < -0.4 is 4.74 Å². The minimum Gasteiger partial charge on any atom is -0.460 e. The first kappa shape index (κ1) is 17.0. The molecule has 0 spiro atoms. The molecule has 9 heteroatoms. The Morgan fingerprint density at radius 2 is 1.96 bits per heavy atom. The van der Waals surface area contributed by atoms with Crippen molar-refractivity contribution in [2.75, 3.05) is 6.61 Å². The van der Waals surface area contributed by atoms with E-state index in [9.17, 15) is 20.4 Å². The molecule has 0 unspecified atom stereocenters. The van der Waals surface area contributed by atoms with Crippen LogP contribution in [0.5, 0.6) is 5.75 Å². The average Bonchev–Trinajstić information content (AvgIpc) is 2.92. The molecule has 1 aliphatic heterocycles. The number of hydrogen-bond donors (Lipinski definition) is 5. The van der Waals surface area contributed by atoms with Crippen LogP contribution in [0.3, 0.4) is 0 Å². The molecule has 1 aliphatic rings. The molecule has 5 N–H and O–H groups in total. The van der Waals surface area contributed by atoms with Crippen molar-refractivity contribution in [3.05, 3.63) is 27.8 Å². The number of H-pyrrole nitrogens is 1. The molecule has 0 aliphatic carbocycles. The Morgan fingerprint density at radius 1 is 1.22 bits per heavy atom. The zero-order valence-electron chi connectivity index (χ0n) is 11.7. The molecule has 7 nitrogen and oxygen atoms in total. The molecule has 0 bridgehead atoms. The summed E-state index contributed by atoms with van der Waals surface area (Å²) in [5.74, 6) is 0.240. The summed E-state index contributed by atoms with van der Waals surface area (Å²) in [6.45, 7) is -0.527. The Morgan fingerprint density at radius 3 is 2.65 bits per heavy atom. The summed E-state index contributed by atoms with van der Waals surface area (Å²) in [6.07, 6.45) is -5.03. The first-order valence-corrected chi connectivity index (χ1v) is 8.03. The molecule has 23 heavy (non-hydrogen) atoms. The van der Waals surface area contributed by atoms with Crippen LogP contribution in [0.25, 0.3) is 10.9 Å². The molecule has 1 aromatic heterocycles. The van der Waals surface area contributed by atoms with E-state index in [1.165, 1.54) is 0 Å². The van der Waals surface area contributed by atoms with E-state index in [-0.39, 0.29) is 5.75 Å². The zero-order valence-corrected chi connectivity index (χ0v) is 14.0. The molecule has 126 valence electrons. The van der Waals surface area contributed by atoms with Gasteiger partial charge in [-0.15, -0.1) is 0 Å². The van der Waals surface area contributed by atoms with Gasteiger partial charge >= 0.3 is 0 Å². The average molecular weight is 409 g/mol. The number of aromatic amines is 1. The van der Waals surface area contributed by atoms with Crippen molar-refractivity contribution in [1.29, 1.82) is 0 Å². The van der Waals surface area contributed by atoms with Gasteiger partial charge in [-0.3, -0.25) is 0 Å². The highest BCUT2D eigenvalue weighted by atomic mass is 79.9. The first-order valence-electron chi connectivity index (χ1n) is 6.86. The van der Waals surface area contributed by atoms with Crippen molar-refractivity contribution in [1.82, 2.24) is 4.98 Å². The van der Waals surface area contributed by atoms with Gasteiger partial charge in [-0.1, -0.05) is 11.6 Å². The number of rotatable bonds is 3. The number of benzene rings is 1. The van der Waals surface area contributed by atoms with Gasteiger partial charge in [-0.05, 0) is 28.1 Å². The first-order chi connectivity index (χ1) is 10.9. The lowest BCUT2D eigenvalue weighted by Crippen LogP contribution is -2.60. The van der Waals surface area contributed by atoms with Crippen LogP contribution in [0.1, 0.15) is 0 Å². The Kier molecular flexibility index (Phi) is 4.84. The van der Waals surface area contributed by atoms with Crippen LogP contribution in [0.4, 0.5) is 0 Å². The van der Waals surface area contributed by atoms with Crippen LogP contribution in [-0.2, 0) is 4.74 Å². The molecule has 5 atom stereocenters. The number of aliphatic hydroxyl groups excluding tert-OH is 4. The number of aromatic nitrogens is 1. The highest BCUT2D eigenvalue weighted by Crippen LogP contribution is 2.38. The second-order valence-corrected chi connectivity index (χ2v) is 6.48. The molecule has 1 saturated heterocycles. The molecular weight excluding hydrogens is 394 g/mol. The van der Waals surface area contributed by atoms with E-state index in [0.717, 1.165) is 9.99 Å². The summed E-state index contributed by atoms with van der Waals surface area (Å²) in [4.78, 5) is 3.02. The van der Waals surface area contributed by atoms with E-state index in [1.807, 2.05) is 0 Å². The third-order valence-electron chi connectivity index (χ3n) is 3.79. The maximum atomic E-state index is 10.0. The molecule has 0 amide bonds. The van der Waals surface area contributed by atoms with Gasteiger partial charge in [0.25, 0.3) is 0 Å². The van der Waals surface area contributed by atoms with Crippen molar-refractivity contribution in [3.8, 4) is 5.75 Å². The van der Waals surface area contributed by atoms with Crippen molar-refractivity contribution < 1.29 is 29.9 Å². The molecule has 1 aromatic carbocycles. The van der Waals surface area contributed by atoms with Crippen molar-refractivity contribution in [3.63, 3.8) is 0 Å². The van der Waals surface area contributed by atoms with Crippen molar-refractivity contribution >= 4 is 38.4 Å². The molecule has 2 aromatic rings. The maximum Gasteiger partial charge on any atom is 0.229 e. The van der Waals surface area contributed by atoms with Gasteiger partial charge < -0.3 is 34.9 Å². The number of hydrogen-bond acceptors (Lipinski definition) is 6. The third-order valence-corrected chi connectivity index (χ3v) is 4.79. The van der Waals surface area contributed by atoms with E-state index in [4.69, 9.17) is 21.1 Å². The topological polar surface area (TPSA) is 115 Å². The SMILES string of the molecule is OC[C@H]1O[C@@H](Oc2ccc3[nH]cc(Br)c3c2Cl)[C@H](O)[C@@H](O)[C@@H]1O. The van der Waals surface area contributed by atoms with Crippen LogP contribution >= 0.6 is 27.5 Å². The highest BCUT2D eigenvalue weighted by Gasteiger charge is 2.44. The monoisotopic (exact) mass is 407 g/mol. The van der Waals surface area contributed by atoms with Gasteiger partial charge in [0, 0.05) is 21.6 Å². The Hall–Kier alpha value is -0.870. The fourth-order valence-corrected chi connectivity index (χ4v) is 3.46. The van der Waals surface area contributed by atoms with Gasteiger partial charge in [0.2, 0.25) is 6.29 Å². The zero-order chi connectivity index (χ0) is 16.7. The Bertz CT molecular complexity index is 708. The maximum absolute atomic E-state index is 10.0. The predicted octanol–water partition coefficient (Wildman–Crippen LogP) is 0.762. The fourth-order valence-electron chi connectivity index (χ4n) is 2.50. The van der Waals surface area contributed by atoms with E-state index >= 15 is 0 Å². The number of aliphatic hydroxyl groups is 4. The van der Waals surface area contributed by atoms with Crippen LogP contribution in [0.15, 0.2) is 22.8 Å². The van der Waals surface area contributed by atoms with Crippen molar-refractivity contribution in [2.24, 2.45) is 0 Å². The standard InChI is InChI=1S/C14H15BrClNO6/c15-5-3-17-6-1-2-7(10(16)9(5)6)22-14-13(21)12(20)11(19)8(4-18)23-14/h1-3,8,11-14,17-21H,4H2/t8-,11-,12+,13-,14-/m1/s1. The minimum atomic E-state index is -1.51. The fraction of sp³-hybridized carbons (Fsp3) is 0.429. The number of halogens is 2. The lowest BCUT2D eigenvalue weighted by atomic mass is 9.99. The molecule has 0 radical (unpaired) electrons. The van der Waals surface area contributed by atoms with Gasteiger partial charge in [0.05, 0.1) is 11.6 Å². The normalized spacial score (nSPS) is 31.5. The van der Waals surface area contributed by atoms with Gasteiger partial charge in [-0.2, -0.15) is 0 Å². The summed E-state index contributed by atoms with van der Waals surface area (Å²) in [6, 6.07) is 3.33. The summed E-state index contributed by atoms with van der Waals surface area (Å²) in [5, 5.41) is 39.7. The minimum absolute atomic E-state index is 0.240. The van der Waals surface area contributed by atoms with Crippen LogP contribution in [0, 0.1) is 0 Å². The van der Waals surface area contributed by atoms with Crippen LogP contribution in [0.2, 0.25) is 5.02 Å². The summed E-state index contributed by atoms with van der Waals surface area (Å²) in [5.41, 5.74) is 0.794. The Balaban J connectivity index is 1.89. The van der Waals surface area contributed by atoms with E-state index < -0.39 is 37.3 Å². The van der Waals surface area contributed by atoms with Gasteiger partial charge in [-0.25, -0.2) is 0 Å². The number of nitrogens with one attached hydrogen (secondary N) is 1. The lowest BCUT2D eigenvalue weighted by Gasteiger charge is -2.39. The van der Waals surface area contributed by atoms with Crippen LogP contribution in [-0.4, -0.2) is 62.7 Å². The number of fused-ring (bicyclic) bond motifs is 1. The molecule has 2 heterocycles. The third kappa shape index (κ3) is 2.96. The molecule has 0 saturated carbocycles. The van der Waals surface area contributed by atoms with Gasteiger partial charge in [0.1, 0.15) is 30.2 Å². The second-order valence-electron chi connectivity index (χ2n) is 5.25. The Labute approximate surface area is 144 Å². The summed E-state index contributed by atoms with van der Waals surface area (Å²) >= 11 is 9.69. The highest BCUT2D eigenvalue weighted by molar-refractivity contribution is 9.10. The second kappa shape index (κ2) is 6.56. The number of ether oxygens (including phenoxy) is 2. The summed E-state index contributed by atoms with van der Waals surface area (Å²) in [7, 11) is 0. The van der Waals surface area contributed by atoms with E-state index in [2.05, 4.69) is 20.9 Å². The van der Waals surface area contributed by atoms with Gasteiger partial charge in [0.15, 0.2) is 0 Å². The van der Waals surface area contributed by atoms with E-state index in [1.54, 1.807) is 18.3 Å². The smallest absolute Gasteiger partial charge is 0.229 e. The molecule has 1 fully saturated rings. The van der Waals surface area contributed by atoms with E-state index in [0.29, 0.717) is 10.4 Å².